The molecule has 1 aliphatic rings. The van der Waals surface area contributed by atoms with E-state index in [9.17, 15) is 22.4 Å². The minimum absolute atomic E-state index is 0.0629. The monoisotopic (exact) mass is 433 g/mol. The van der Waals surface area contributed by atoms with Crippen LogP contribution in [-0.2, 0) is 19.6 Å². The number of sulfonamides is 1. The van der Waals surface area contributed by atoms with Crippen molar-refractivity contribution >= 4 is 38.9 Å². The molecule has 1 fully saturated rings. The van der Waals surface area contributed by atoms with Crippen molar-refractivity contribution < 1.29 is 22.4 Å². The number of nitrogens with zero attached hydrogens (tertiary/aromatic N) is 1. The Hall–Kier alpha value is -2.94. The van der Waals surface area contributed by atoms with Crippen molar-refractivity contribution in [1.82, 2.24) is 0 Å². The van der Waals surface area contributed by atoms with Crippen LogP contribution in [-0.4, -0.2) is 33.0 Å². The van der Waals surface area contributed by atoms with Gasteiger partial charge in [0.25, 0.3) is 0 Å². The van der Waals surface area contributed by atoms with Crippen LogP contribution >= 0.6 is 0 Å². The highest BCUT2D eigenvalue weighted by Crippen LogP contribution is 2.29. The number of nitrogens with one attached hydrogen (secondary N) is 2. The van der Waals surface area contributed by atoms with Crippen LogP contribution < -0.4 is 14.9 Å². The maximum atomic E-state index is 13.8. The molecule has 1 heterocycles. The Morgan fingerprint density at radius 2 is 1.93 bits per heavy atom. The Morgan fingerprint density at radius 3 is 2.60 bits per heavy atom. The molecule has 7 nitrogen and oxygen atoms in total. The molecule has 0 spiro atoms. The highest BCUT2D eigenvalue weighted by molar-refractivity contribution is 7.92. The molecule has 2 N–H and O–H groups in total. The Morgan fingerprint density at radius 1 is 1.20 bits per heavy atom. The van der Waals surface area contributed by atoms with Crippen molar-refractivity contribution in [2.75, 3.05) is 27.7 Å². The van der Waals surface area contributed by atoms with E-state index in [1.165, 1.54) is 12.1 Å². The number of rotatable bonds is 6. The van der Waals surface area contributed by atoms with Gasteiger partial charge in [0.05, 0.1) is 17.9 Å². The standard InChI is InChI=1S/C21H24FN3O4S/c1-13(2)14-5-4-6-17(9-14)25-12-15(10-20(25)26)21(27)23-16-7-8-18(22)19(11-16)24-30(3,28)29/h4-9,11,13,15,24H,10,12H2,1-3H3,(H,23,27). The predicted molar refractivity (Wildman–Crippen MR) is 114 cm³/mol. The third-order valence-electron chi connectivity index (χ3n) is 4.87. The lowest BCUT2D eigenvalue weighted by molar-refractivity contribution is -0.122. The van der Waals surface area contributed by atoms with E-state index in [0.717, 1.165) is 23.6 Å². The molecule has 0 aliphatic carbocycles. The number of hydrogen-bond donors (Lipinski definition) is 2. The second kappa shape index (κ2) is 8.43. The fourth-order valence-electron chi connectivity index (χ4n) is 3.31. The summed E-state index contributed by atoms with van der Waals surface area (Å²) in [5.74, 6) is -1.55. The summed E-state index contributed by atoms with van der Waals surface area (Å²) in [7, 11) is -3.67. The Bertz CT molecular complexity index is 1090. The van der Waals surface area contributed by atoms with Gasteiger partial charge in [0.15, 0.2) is 0 Å². The lowest BCUT2D eigenvalue weighted by Gasteiger charge is -2.18. The minimum Gasteiger partial charge on any atom is -0.326 e. The summed E-state index contributed by atoms with van der Waals surface area (Å²) in [5, 5.41) is 2.64. The second-order valence-corrected chi connectivity index (χ2v) is 9.46. The quantitative estimate of drug-likeness (QED) is 0.731. The second-order valence-electron chi connectivity index (χ2n) is 7.71. The molecule has 3 rings (SSSR count). The van der Waals surface area contributed by atoms with Crippen LogP contribution in [0.4, 0.5) is 21.5 Å². The summed E-state index contributed by atoms with van der Waals surface area (Å²) in [6.45, 7) is 4.37. The molecule has 9 heteroatoms. The Balaban J connectivity index is 1.72. The van der Waals surface area contributed by atoms with E-state index < -0.39 is 21.8 Å². The fourth-order valence-corrected chi connectivity index (χ4v) is 3.87. The van der Waals surface area contributed by atoms with Gasteiger partial charge in [-0.2, -0.15) is 0 Å². The molecule has 1 aliphatic heterocycles. The topological polar surface area (TPSA) is 95.6 Å². The van der Waals surface area contributed by atoms with Gasteiger partial charge in [-0.1, -0.05) is 26.0 Å². The third-order valence-corrected chi connectivity index (χ3v) is 5.46. The van der Waals surface area contributed by atoms with Crippen LogP contribution in [0.1, 0.15) is 31.7 Å². The van der Waals surface area contributed by atoms with E-state index >= 15 is 0 Å². The molecule has 160 valence electrons. The van der Waals surface area contributed by atoms with E-state index in [-0.39, 0.29) is 36.2 Å². The van der Waals surface area contributed by atoms with Crippen molar-refractivity contribution in [1.29, 1.82) is 0 Å². The number of anilines is 3. The van der Waals surface area contributed by atoms with Crippen LogP contribution in [0, 0.1) is 11.7 Å². The minimum atomic E-state index is -3.67. The van der Waals surface area contributed by atoms with E-state index in [1.54, 1.807) is 4.90 Å². The van der Waals surface area contributed by atoms with Gasteiger partial charge in [-0.15, -0.1) is 0 Å². The average Bonchev–Trinajstić information content (AvgIpc) is 3.05. The normalized spacial score (nSPS) is 16.8. The molecule has 0 saturated carbocycles. The highest BCUT2D eigenvalue weighted by atomic mass is 32.2. The van der Waals surface area contributed by atoms with Crippen molar-refractivity contribution in [3.05, 3.63) is 53.8 Å². The molecule has 30 heavy (non-hydrogen) atoms. The van der Waals surface area contributed by atoms with Gasteiger partial charge in [-0.25, -0.2) is 12.8 Å². The molecule has 2 aromatic rings. The predicted octanol–water partition coefficient (Wildman–Crippen LogP) is 3.31. The van der Waals surface area contributed by atoms with Gasteiger partial charge in [0.2, 0.25) is 21.8 Å². The van der Waals surface area contributed by atoms with Gasteiger partial charge in [-0.3, -0.25) is 14.3 Å². The SMILES string of the molecule is CC(C)c1cccc(N2CC(C(=O)Nc3ccc(F)c(NS(C)(=O)=O)c3)CC2=O)c1. The summed E-state index contributed by atoms with van der Waals surface area (Å²) in [6, 6.07) is 11.3. The molecule has 1 saturated heterocycles. The lowest BCUT2D eigenvalue weighted by Crippen LogP contribution is -2.28. The molecular weight excluding hydrogens is 409 g/mol. The number of amides is 2. The number of carbonyl (C=O) groups excluding carboxylic acids is 2. The molecule has 2 amide bonds. The summed E-state index contributed by atoms with van der Waals surface area (Å²) < 4.78 is 38.6. The first-order valence-electron chi connectivity index (χ1n) is 9.52. The van der Waals surface area contributed by atoms with Crippen molar-refractivity contribution in [2.24, 2.45) is 5.92 Å². The van der Waals surface area contributed by atoms with E-state index in [2.05, 4.69) is 23.9 Å². The molecule has 0 radical (unpaired) electrons. The fraction of sp³-hybridized carbons (Fsp3) is 0.333. The van der Waals surface area contributed by atoms with Gasteiger partial charge >= 0.3 is 0 Å². The zero-order valence-corrected chi connectivity index (χ0v) is 17.8. The van der Waals surface area contributed by atoms with Crippen LogP contribution in [0.3, 0.4) is 0 Å². The first kappa shape index (κ1) is 21.8. The number of hydrogen-bond acceptors (Lipinski definition) is 4. The number of carbonyl (C=O) groups is 2. The van der Waals surface area contributed by atoms with Crippen molar-refractivity contribution in [3.8, 4) is 0 Å². The van der Waals surface area contributed by atoms with Crippen LogP contribution in [0.15, 0.2) is 42.5 Å². The molecular formula is C21H24FN3O4S. The summed E-state index contributed by atoms with van der Waals surface area (Å²) in [5.41, 5.74) is 1.83. The zero-order chi connectivity index (χ0) is 22.1. The summed E-state index contributed by atoms with van der Waals surface area (Å²) in [6.07, 6.45) is 0.970. The number of benzene rings is 2. The van der Waals surface area contributed by atoms with E-state index in [1.807, 2.05) is 24.3 Å². The van der Waals surface area contributed by atoms with Gasteiger partial charge < -0.3 is 10.2 Å². The maximum Gasteiger partial charge on any atom is 0.229 e. The zero-order valence-electron chi connectivity index (χ0n) is 17.0. The largest absolute Gasteiger partial charge is 0.326 e. The Kier molecular flexibility index (Phi) is 6.12. The van der Waals surface area contributed by atoms with Crippen LogP contribution in [0.2, 0.25) is 0 Å². The first-order chi connectivity index (χ1) is 14.0. The molecule has 1 unspecified atom stereocenters. The summed E-state index contributed by atoms with van der Waals surface area (Å²) in [4.78, 5) is 26.8. The molecule has 0 aromatic heterocycles. The van der Waals surface area contributed by atoms with Crippen molar-refractivity contribution in [2.45, 2.75) is 26.2 Å². The lowest BCUT2D eigenvalue weighted by atomic mass is 10.0. The van der Waals surface area contributed by atoms with E-state index in [0.29, 0.717) is 5.92 Å². The first-order valence-corrected chi connectivity index (χ1v) is 11.4. The maximum absolute atomic E-state index is 13.8. The van der Waals surface area contributed by atoms with Gasteiger partial charge in [0, 0.05) is 24.3 Å². The molecule has 0 bridgehead atoms. The van der Waals surface area contributed by atoms with E-state index in [4.69, 9.17) is 0 Å². The van der Waals surface area contributed by atoms with Gasteiger partial charge in [0.1, 0.15) is 5.82 Å². The highest BCUT2D eigenvalue weighted by Gasteiger charge is 2.35. The number of halogens is 1. The third kappa shape index (κ3) is 5.15. The molecule has 2 aromatic carbocycles. The van der Waals surface area contributed by atoms with Crippen LogP contribution in [0.5, 0.6) is 0 Å². The van der Waals surface area contributed by atoms with Crippen molar-refractivity contribution in [3.63, 3.8) is 0 Å². The Labute approximate surface area is 175 Å². The smallest absolute Gasteiger partial charge is 0.229 e. The summed E-state index contributed by atoms with van der Waals surface area (Å²) >= 11 is 0. The molecule has 1 atom stereocenters. The average molecular weight is 434 g/mol. The van der Waals surface area contributed by atoms with Gasteiger partial charge in [-0.05, 0) is 41.8 Å². The van der Waals surface area contributed by atoms with Crippen LogP contribution in [0.25, 0.3) is 0 Å².